The molecule has 45 heavy (non-hydrogen) atoms. The molecule has 0 aliphatic carbocycles. The number of imide groups is 1. The number of furan rings is 1. The fourth-order valence-corrected chi connectivity index (χ4v) is 5.98. The zero-order valence-electron chi connectivity index (χ0n) is 25.9. The van der Waals surface area contributed by atoms with Gasteiger partial charge in [-0.15, -0.1) is 0 Å². The van der Waals surface area contributed by atoms with E-state index in [1.165, 1.54) is 42.7 Å². The van der Waals surface area contributed by atoms with Gasteiger partial charge in [-0.2, -0.15) is 4.31 Å². The Morgan fingerprint density at radius 3 is 2.27 bits per heavy atom. The van der Waals surface area contributed by atoms with Crippen LogP contribution in [0.5, 0.6) is 0 Å². The van der Waals surface area contributed by atoms with Crippen LogP contribution in [0, 0.1) is 5.41 Å². The molecule has 0 bridgehead atoms. The number of aliphatic carboxylic acids is 1. The van der Waals surface area contributed by atoms with Crippen LogP contribution in [0.3, 0.4) is 0 Å². The summed E-state index contributed by atoms with van der Waals surface area (Å²) < 4.78 is 40.0. The summed E-state index contributed by atoms with van der Waals surface area (Å²) in [5.74, 6) is -2.04. The second-order valence-electron chi connectivity index (χ2n) is 12.5. The monoisotopic (exact) mass is 636 g/mol. The van der Waals surface area contributed by atoms with Gasteiger partial charge in [0.25, 0.3) is 5.91 Å². The zero-order valence-corrected chi connectivity index (χ0v) is 26.7. The number of fused-ring (bicyclic) bond motifs is 1. The minimum atomic E-state index is -4.14. The number of nitrogens with zero attached hydrogens (tertiary/aromatic N) is 4. The molecule has 0 saturated carbocycles. The Balaban J connectivity index is 1.73. The molecule has 0 aliphatic rings. The van der Waals surface area contributed by atoms with Gasteiger partial charge in [-0.3, -0.25) is 9.78 Å². The maximum Gasteiger partial charge on any atom is 0.418 e. The van der Waals surface area contributed by atoms with E-state index in [-0.39, 0.29) is 29.4 Å². The highest BCUT2D eigenvalue weighted by atomic mass is 32.2. The molecule has 1 unspecified atom stereocenters. The number of hydrogen-bond donors (Lipinski definition) is 1. The number of carboxylic acid groups (broad SMARTS) is 1. The lowest BCUT2D eigenvalue weighted by atomic mass is 9.85. The molecule has 3 aromatic heterocycles. The fraction of sp³-hybridized carbons (Fsp3) is 0.344. The minimum Gasteiger partial charge on any atom is -0.480 e. The van der Waals surface area contributed by atoms with E-state index >= 15 is 0 Å². The van der Waals surface area contributed by atoms with Crippen molar-refractivity contribution in [3.05, 3.63) is 90.2 Å². The van der Waals surface area contributed by atoms with Crippen LogP contribution in [0.25, 0.3) is 11.0 Å². The van der Waals surface area contributed by atoms with E-state index in [4.69, 9.17) is 9.15 Å². The predicted molar refractivity (Wildman–Crippen MR) is 164 cm³/mol. The van der Waals surface area contributed by atoms with E-state index in [2.05, 4.69) is 9.97 Å². The summed E-state index contributed by atoms with van der Waals surface area (Å²) in [5.41, 5.74) is -1.61. The smallest absolute Gasteiger partial charge is 0.418 e. The number of carbonyl (C=O) groups is 3. The molecule has 0 radical (unpaired) electrons. The molecule has 0 saturated heterocycles. The molecule has 1 N–H and O–H groups in total. The summed E-state index contributed by atoms with van der Waals surface area (Å²) in [7, 11) is -4.14. The third-order valence-electron chi connectivity index (χ3n) is 6.57. The number of amides is 2. The Kier molecular flexibility index (Phi) is 9.45. The number of para-hydroxylation sites is 1. The normalized spacial score (nSPS) is 13.0. The molecule has 1 aromatic carbocycles. The van der Waals surface area contributed by atoms with Gasteiger partial charge in [0.15, 0.2) is 0 Å². The summed E-state index contributed by atoms with van der Waals surface area (Å²) >= 11 is 0. The standard InChI is InChI=1S/C32H36N4O8S/c1-31(2,3)27(29(38)39)36(30(40)44-32(4,5)6)28(37)25-14-9-12-22(34-25)19-35(45(41,42)24-13-10-16-33-18-24)20-23-17-21-11-7-8-15-26(21)43-23/h7-18,27H,19-20H2,1-6H3,(H,38,39). The number of aromatic nitrogens is 2. The number of sulfonamides is 1. The molecule has 2 amide bonds. The first-order chi connectivity index (χ1) is 21.0. The molecular formula is C32H36N4O8S. The summed E-state index contributed by atoms with van der Waals surface area (Å²) in [6, 6.07) is 14.7. The van der Waals surface area contributed by atoms with E-state index in [1.54, 1.807) is 59.7 Å². The number of rotatable bonds is 9. The van der Waals surface area contributed by atoms with Gasteiger partial charge in [0.05, 0.1) is 18.8 Å². The van der Waals surface area contributed by atoms with E-state index in [1.807, 2.05) is 12.1 Å². The van der Waals surface area contributed by atoms with Crippen molar-refractivity contribution in [1.29, 1.82) is 0 Å². The quantitative estimate of drug-likeness (QED) is 0.249. The minimum absolute atomic E-state index is 0.0566. The molecule has 0 spiro atoms. The van der Waals surface area contributed by atoms with Gasteiger partial charge in [-0.1, -0.05) is 45.0 Å². The van der Waals surface area contributed by atoms with E-state index in [9.17, 15) is 27.9 Å². The maximum atomic E-state index is 13.9. The molecule has 4 rings (SSSR count). The van der Waals surface area contributed by atoms with Gasteiger partial charge < -0.3 is 14.3 Å². The molecule has 0 fully saturated rings. The molecule has 3 heterocycles. The van der Waals surface area contributed by atoms with Crippen molar-refractivity contribution in [2.75, 3.05) is 0 Å². The average Bonchev–Trinajstić information content (AvgIpc) is 3.36. The molecule has 238 valence electrons. The fourth-order valence-electron chi connectivity index (χ4n) is 4.64. The van der Waals surface area contributed by atoms with Gasteiger partial charge in [0, 0.05) is 17.8 Å². The van der Waals surface area contributed by atoms with Crippen molar-refractivity contribution in [3.8, 4) is 0 Å². The highest BCUT2D eigenvalue weighted by Gasteiger charge is 2.45. The number of pyridine rings is 2. The predicted octanol–water partition coefficient (Wildman–Crippen LogP) is 5.49. The van der Waals surface area contributed by atoms with Crippen LogP contribution in [-0.2, 0) is 32.6 Å². The summed E-state index contributed by atoms with van der Waals surface area (Å²) in [6.45, 7) is 9.08. The zero-order chi connectivity index (χ0) is 33.2. The number of hydrogen-bond acceptors (Lipinski definition) is 9. The van der Waals surface area contributed by atoms with E-state index in [0.717, 1.165) is 9.69 Å². The molecule has 1 atom stereocenters. The number of benzene rings is 1. The van der Waals surface area contributed by atoms with Gasteiger partial charge >= 0.3 is 12.1 Å². The Labute approximate surface area is 261 Å². The summed E-state index contributed by atoms with van der Waals surface area (Å²) in [5, 5.41) is 10.9. The molecule has 12 nitrogen and oxygen atoms in total. The number of carboxylic acids is 1. The second-order valence-corrected chi connectivity index (χ2v) is 14.4. The lowest BCUT2D eigenvalue weighted by Gasteiger charge is -2.36. The van der Waals surface area contributed by atoms with Crippen LogP contribution >= 0.6 is 0 Å². The first kappa shape index (κ1) is 33.3. The summed E-state index contributed by atoms with van der Waals surface area (Å²) in [4.78, 5) is 48.3. The van der Waals surface area contributed by atoms with Crippen molar-refractivity contribution < 1.29 is 37.1 Å². The molecule has 13 heteroatoms. The molecule has 0 aliphatic heterocycles. The highest BCUT2D eigenvalue weighted by Crippen LogP contribution is 2.29. The van der Waals surface area contributed by atoms with Crippen molar-refractivity contribution in [3.63, 3.8) is 0 Å². The van der Waals surface area contributed by atoms with Crippen LogP contribution in [0.15, 0.2) is 82.4 Å². The van der Waals surface area contributed by atoms with E-state index < -0.39 is 45.1 Å². The van der Waals surface area contributed by atoms with Crippen LogP contribution < -0.4 is 0 Å². The Morgan fingerprint density at radius 1 is 0.956 bits per heavy atom. The van der Waals surface area contributed by atoms with Crippen LogP contribution in [0.4, 0.5) is 4.79 Å². The van der Waals surface area contributed by atoms with Crippen LogP contribution in [0.1, 0.15) is 63.5 Å². The first-order valence-electron chi connectivity index (χ1n) is 14.1. The largest absolute Gasteiger partial charge is 0.480 e. The maximum absolute atomic E-state index is 13.9. The lowest BCUT2D eigenvalue weighted by Crippen LogP contribution is -2.56. The van der Waals surface area contributed by atoms with Crippen molar-refractivity contribution >= 4 is 39.0 Å². The van der Waals surface area contributed by atoms with Crippen LogP contribution in [0.2, 0.25) is 0 Å². The van der Waals surface area contributed by atoms with Crippen molar-refractivity contribution in [1.82, 2.24) is 19.2 Å². The SMILES string of the molecule is CC(C)(C)OC(=O)N(C(=O)c1cccc(CN(Cc2cc3ccccc3o2)S(=O)(=O)c2cccnc2)n1)C(C(=O)O)C(C)(C)C. The Bertz CT molecular complexity index is 1770. The molecule has 4 aromatic rings. The second kappa shape index (κ2) is 12.8. The highest BCUT2D eigenvalue weighted by molar-refractivity contribution is 7.89. The van der Waals surface area contributed by atoms with Crippen LogP contribution in [-0.4, -0.2) is 62.3 Å². The third-order valence-corrected chi connectivity index (χ3v) is 8.34. The van der Waals surface area contributed by atoms with Gasteiger partial charge in [-0.25, -0.2) is 27.9 Å². The third kappa shape index (κ3) is 7.91. The Morgan fingerprint density at radius 2 is 1.67 bits per heavy atom. The average molecular weight is 637 g/mol. The lowest BCUT2D eigenvalue weighted by molar-refractivity contribution is -0.146. The van der Waals surface area contributed by atoms with E-state index in [0.29, 0.717) is 16.2 Å². The summed E-state index contributed by atoms with van der Waals surface area (Å²) in [6.07, 6.45) is 1.54. The van der Waals surface area contributed by atoms with Gasteiger partial charge in [0.2, 0.25) is 10.0 Å². The number of ether oxygens (including phenoxy) is 1. The van der Waals surface area contributed by atoms with Crippen molar-refractivity contribution in [2.24, 2.45) is 5.41 Å². The molecular weight excluding hydrogens is 600 g/mol. The first-order valence-corrected chi connectivity index (χ1v) is 15.5. The number of carbonyl (C=O) groups excluding carboxylic acids is 2. The van der Waals surface area contributed by atoms with Gasteiger partial charge in [0.1, 0.15) is 33.6 Å². The topological polar surface area (TPSA) is 160 Å². The van der Waals surface area contributed by atoms with Crippen molar-refractivity contribution in [2.45, 2.75) is 71.2 Å². The Hall–Kier alpha value is -4.62. The van der Waals surface area contributed by atoms with Gasteiger partial charge in [-0.05, 0) is 62.6 Å².